The second kappa shape index (κ2) is 6.36. The molecule has 4 rings (SSSR count). The predicted molar refractivity (Wildman–Crippen MR) is 99.9 cm³/mol. The van der Waals surface area contributed by atoms with Crippen LogP contribution in [0.5, 0.6) is 0 Å². The molecular weight excluding hydrogens is 310 g/mol. The summed E-state index contributed by atoms with van der Waals surface area (Å²) in [6.45, 7) is 5.84. The Morgan fingerprint density at radius 2 is 1.68 bits per heavy atom. The summed E-state index contributed by atoms with van der Waals surface area (Å²) < 4.78 is 2.05. The Morgan fingerprint density at radius 3 is 2.40 bits per heavy atom. The molecule has 0 unspecified atom stereocenters. The van der Waals surface area contributed by atoms with Crippen LogP contribution < -0.4 is 0 Å². The number of piperidine rings is 1. The molecule has 0 spiro atoms. The molecule has 0 bridgehead atoms. The number of amides is 1. The van der Waals surface area contributed by atoms with Crippen LogP contribution in [0.4, 0.5) is 0 Å². The summed E-state index contributed by atoms with van der Waals surface area (Å²) in [6.07, 6.45) is 5.38. The molecule has 0 radical (unpaired) electrons. The van der Waals surface area contributed by atoms with E-state index in [0.29, 0.717) is 0 Å². The zero-order valence-corrected chi connectivity index (χ0v) is 14.8. The van der Waals surface area contributed by atoms with Crippen LogP contribution in [0.15, 0.2) is 42.6 Å². The van der Waals surface area contributed by atoms with Gasteiger partial charge < -0.3 is 4.90 Å². The van der Waals surface area contributed by atoms with Gasteiger partial charge in [-0.1, -0.05) is 29.8 Å². The molecule has 0 aliphatic carbocycles. The number of carbonyl (C=O) groups is 1. The Hall–Kier alpha value is -2.62. The molecule has 3 heterocycles. The third kappa shape index (κ3) is 2.93. The van der Waals surface area contributed by atoms with Crippen LogP contribution in [-0.2, 0) is 0 Å². The van der Waals surface area contributed by atoms with Crippen LogP contribution in [0.3, 0.4) is 0 Å². The average Bonchev–Trinajstić information content (AvgIpc) is 2.97. The third-order valence-corrected chi connectivity index (χ3v) is 5.01. The molecular formula is C21H23N3O. The molecule has 1 saturated heterocycles. The normalized spacial score (nSPS) is 14.9. The van der Waals surface area contributed by atoms with Crippen molar-refractivity contribution in [3.8, 4) is 11.3 Å². The van der Waals surface area contributed by atoms with Gasteiger partial charge in [-0.05, 0) is 45.2 Å². The van der Waals surface area contributed by atoms with Gasteiger partial charge in [0.25, 0.3) is 5.91 Å². The van der Waals surface area contributed by atoms with Crippen molar-refractivity contribution in [1.29, 1.82) is 0 Å². The lowest BCUT2D eigenvalue weighted by molar-refractivity contribution is 0.0724. The summed E-state index contributed by atoms with van der Waals surface area (Å²) in [4.78, 5) is 19.5. The van der Waals surface area contributed by atoms with E-state index in [2.05, 4.69) is 40.6 Å². The van der Waals surface area contributed by atoms with Crippen LogP contribution in [0.1, 0.15) is 40.9 Å². The van der Waals surface area contributed by atoms with Gasteiger partial charge in [-0.3, -0.25) is 9.20 Å². The summed E-state index contributed by atoms with van der Waals surface area (Å²) in [6, 6.07) is 12.3. The average molecular weight is 333 g/mol. The number of likely N-dealkylation sites (tertiary alicyclic amines) is 1. The second-order valence-corrected chi connectivity index (χ2v) is 6.91. The molecule has 0 atom stereocenters. The molecule has 1 aliphatic rings. The van der Waals surface area contributed by atoms with E-state index in [-0.39, 0.29) is 5.91 Å². The van der Waals surface area contributed by atoms with Gasteiger partial charge in [-0.25, -0.2) is 4.98 Å². The Kier molecular flexibility index (Phi) is 4.04. The van der Waals surface area contributed by atoms with Crippen molar-refractivity contribution in [2.45, 2.75) is 33.1 Å². The van der Waals surface area contributed by atoms with Crippen LogP contribution in [-0.4, -0.2) is 33.3 Å². The number of nitrogens with zero attached hydrogens (tertiary/aromatic N) is 3. The standard InChI is InChI=1S/C21H23N3O/c1-15-6-8-17(9-7-15)20-16(2)22-19-11-10-18(14-24(19)20)21(25)23-12-4-3-5-13-23/h6-11,14H,3-5,12-13H2,1-2H3. The highest BCUT2D eigenvalue weighted by Crippen LogP contribution is 2.26. The number of carbonyl (C=O) groups excluding carboxylic acids is 1. The monoisotopic (exact) mass is 333 g/mol. The lowest BCUT2D eigenvalue weighted by Gasteiger charge is -2.26. The smallest absolute Gasteiger partial charge is 0.255 e. The third-order valence-electron chi connectivity index (χ3n) is 5.01. The molecule has 2 aromatic heterocycles. The van der Waals surface area contributed by atoms with Gasteiger partial charge in [-0.2, -0.15) is 0 Å². The number of hydrogen-bond donors (Lipinski definition) is 0. The van der Waals surface area contributed by atoms with Crippen molar-refractivity contribution in [2.75, 3.05) is 13.1 Å². The topological polar surface area (TPSA) is 37.6 Å². The first-order valence-electron chi connectivity index (χ1n) is 8.98. The molecule has 1 amide bonds. The van der Waals surface area contributed by atoms with E-state index in [0.717, 1.165) is 54.1 Å². The Labute approximate surface area is 148 Å². The lowest BCUT2D eigenvalue weighted by Crippen LogP contribution is -2.35. The van der Waals surface area contributed by atoms with E-state index in [1.54, 1.807) is 0 Å². The van der Waals surface area contributed by atoms with Crippen LogP contribution >= 0.6 is 0 Å². The summed E-state index contributed by atoms with van der Waals surface area (Å²) >= 11 is 0. The number of aromatic nitrogens is 2. The quantitative estimate of drug-likeness (QED) is 0.703. The second-order valence-electron chi connectivity index (χ2n) is 6.91. The summed E-state index contributed by atoms with van der Waals surface area (Å²) in [5, 5.41) is 0. The van der Waals surface area contributed by atoms with Crippen LogP contribution in [0.2, 0.25) is 0 Å². The van der Waals surface area contributed by atoms with E-state index in [1.165, 1.54) is 12.0 Å². The van der Waals surface area contributed by atoms with Crippen molar-refractivity contribution < 1.29 is 4.79 Å². The fraction of sp³-hybridized carbons (Fsp3) is 0.333. The fourth-order valence-electron chi connectivity index (χ4n) is 3.63. The number of pyridine rings is 1. The minimum absolute atomic E-state index is 0.128. The molecule has 4 nitrogen and oxygen atoms in total. The lowest BCUT2D eigenvalue weighted by atomic mass is 10.1. The van der Waals surface area contributed by atoms with Gasteiger partial charge in [-0.15, -0.1) is 0 Å². The Morgan fingerprint density at radius 1 is 0.960 bits per heavy atom. The zero-order valence-electron chi connectivity index (χ0n) is 14.8. The van der Waals surface area contributed by atoms with Crippen molar-refractivity contribution in [1.82, 2.24) is 14.3 Å². The van der Waals surface area contributed by atoms with Gasteiger partial charge in [0.15, 0.2) is 0 Å². The van der Waals surface area contributed by atoms with Gasteiger partial charge in [0.2, 0.25) is 0 Å². The molecule has 1 aromatic carbocycles. The van der Waals surface area contributed by atoms with Crippen LogP contribution in [0, 0.1) is 13.8 Å². The first-order valence-corrected chi connectivity index (χ1v) is 8.98. The van der Waals surface area contributed by atoms with Gasteiger partial charge in [0.1, 0.15) is 5.65 Å². The first-order chi connectivity index (χ1) is 12.1. The van der Waals surface area contributed by atoms with Gasteiger partial charge in [0.05, 0.1) is 17.0 Å². The first kappa shape index (κ1) is 15.9. The number of rotatable bonds is 2. The molecule has 1 aliphatic heterocycles. The number of benzene rings is 1. The molecule has 4 heteroatoms. The maximum atomic E-state index is 12.8. The molecule has 0 N–H and O–H groups in total. The highest BCUT2D eigenvalue weighted by atomic mass is 16.2. The van der Waals surface area contributed by atoms with E-state index < -0.39 is 0 Å². The molecule has 0 saturated carbocycles. The number of aryl methyl sites for hydroxylation is 2. The number of hydrogen-bond acceptors (Lipinski definition) is 2. The SMILES string of the molecule is Cc1ccc(-c2c(C)nc3ccc(C(=O)N4CCCCC4)cn23)cc1. The minimum atomic E-state index is 0.128. The van der Waals surface area contributed by atoms with Gasteiger partial charge in [0, 0.05) is 24.8 Å². The largest absolute Gasteiger partial charge is 0.339 e. The van der Waals surface area contributed by atoms with Crippen molar-refractivity contribution in [3.63, 3.8) is 0 Å². The molecule has 128 valence electrons. The Balaban J connectivity index is 1.78. The number of fused-ring (bicyclic) bond motifs is 1. The maximum Gasteiger partial charge on any atom is 0.255 e. The van der Waals surface area contributed by atoms with E-state index in [1.807, 2.05) is 30.2 Å². The van der Waals surface area contributed by atoms with E-state index in [4.69, 9.17) is 0 Å². The van der Waals surface area contributed by atoms with E-state index in [9.17, 15) is 4.79 Å². The van der Waals surface area contributed by atoms with Crippen LogP contribution in [0.25, 0.3) is 16.9 Å². The summed E-state index contributed by atoms with van der Waals surface area (Å²) in [5.74, 6) is 0.128. The highest BCUT2D eigenvalue weighted by Gasteiger charge is 2.19. The van der Waals surface area contributed by atoms with Crippen molar-refractivity contribution >= 4 is 11.6 Å². The molecule has 3 aromatic rings. The van der Waals surface area contributed by atoms with E-state index >= 15 is 0 Å². The highest BCUT2D eigenvalue weighted by molar-refractivity contribution is 5.94. The van der Waals surface area contributed by atoms with Gasteiger partial charge >= 0.3 is 0 Å². The van der Waals surface area contributed by atoms with Crippen molar-refractivity contribution in [3.05, 3.63) is 59.4 Å². The fourth-order valence-corrected chi connectivity index (χ4v) is 3.63. The van der Waals surface area contributed by atoms with Crippen molar-refractivity contribution in [2.24, 2.45) is 0 Å². The zero-order chi connectivity index (χ0) is 17.4. The molecule has 1 fully saturated rings. The summed E-state index contributed by atoms with van der Waals surface area (Å²) in [7, 11) is 0. The molecule has 25 heavy (non-hydrogen) atoms. The minimum Gasteiger partial charge on any atom is -0.339 e. The summed E-state index contributed by atoms with van der Waals surface area (Å²) in [5.41, 5.74) is 6.01. The number of imidazole rings is 1. The maximum absolute atomic E-state index is 12.8. The Bertz CT molecular complexity index is 918. The predicted octanol–water partition coefficient (Wildman–Crippen LogP) is 4.24.